The van der Waals surface area contributed by atoms with Crippen molar-refractivity contribution in [3.05, 3.63) is 22.5 Å². The molecule has 0 aliphatic carbocycles. The zero-order chi connectivity index (χ0) is 20.8. The largest absolute Gasteiger partial charge is 0.449 e. The van der Waals surface area contributed by atoms with E-state index < -0.39 is 48.0 Å². The minimum Gasteiger partial charge on any atom is -0.449 e. The molecule has 0 aromatic carbocycles. The van der Waals surface area contributed by atoms with Crippen LogP contribution in [0.5, 0.6) is 0 Å². The zero-order valence-corrected chi connectivity index (χ0v) is 16.3. The number of amides is 1. The molecule has 2 rings (SSSR count). The molecule has 158 valence electrons. The van der Waals surface area contributed by atoms with Crippen molar-refractivity contribution in [3.8, 4) is 0 Å². The van der Waals surface area contributed by atoms with E-state index in [2.05, 4.69) is 10.3 Å². The van der Waals surface area contributed by atoms with Gasteiger partial charge in [0.15, 0.2) is 17.9 Å². The Morgan fingerprint density at radius 1 is 1.36 bits per heavy atom. The first-order chi connectivity index (χ1) is 13.3. The number of anilines is 1. The molecule has 1 aromatic heterocycles. The Bertz CT molecular complexity index is 722. The fraction of sp³-hybridized carbons (Fsp3) is 0.722. The Hall–Kier alpha value is -2.04. The molecule has 2 unspecified atom stereocenters. The molecule has 3 N–H and O–H groups in total. The van der Waals surface area contributed by atoms with Crippen LogP contribution in [0.15, 0.2) is 11.0 Å². The number of carbonyl (C=O) groups excluding carboxylic acids is 1. The van der Waals surface area contributed by atoms with Crippen LogP contribution in [0.2, 0.25) is 0 Å². The number of hydrogen-bond acceptors (Lipinski definition) is 7. The van der Waals surface area contributed by atoms with E-state index in [4.69, 9.17) is 9.47 Å². The summed E-state index contributed by atoms with van der Waals surface area (Å²) in [5.74, 6) is -1.35. The van der Waals surface area contributed by atoms with Crippen molar-refractivity contribution >= 4 is 11.9 Å². The summed E-state index contributed by atoms with van der Waals surface area (Å²) in [6.07, 6.45) is -1.01. The fourth-order valence-electron chi connectivity index (χ4n) is 3.23. The third-order valence-corrected chi connectivity index (χ3v) is 4.72. The van der Waals surface area contributed by atoms with E-state index in [1.807, 2.05) is 13.8 Å². The average Bonchev–Trinajstić information content (AvgIpc) is 2.90. The van der Waals surface area contributed by atoms with Gasteiger partial charge in [0.05, 0.1) is 18.9 Å². The summed E-state index contributed by atoms with van der Waals surface area (Å²) in [6.45, 7) is 5.80. The van der Waals surface area contributed by atoms with E-state index in [1.165, 1.54) is 6.92 Å². The second-order valence-corrected chi connectivity index (χ2v) is 7.01. The Balaban J connectivity index is 2.04. The molecular formula is C18H28FN3O6. The number of nitrogens with one attached hydrogen (secondary N) is 1. The van der Waals surface area contributed by atoms with Gasteiger partial charge < -0.3 is 19.7 Å². The Morgan fingerprint density at radius 2 is 2.00 bits per heavy atom. The van der Waals surface area contributed by atoms with E-state index >= 15 is 0 Å². The number of aliphatic hydroxyl groups excluding tert-OH is 2. The molecule has 1 saturated heterocycles. The van der Waals surface area contributed by atoms with Gasteiger partial charge >= 0.3 is 11.8 Å². The molecule has 1 amide bonds. The highest BCUT2D eigenvalue weighted by Gasteiger charge is 2.42. The van der Waals surface area contributed by atoms with Gasteiger partial charge in [0.1, 0.15) is 12.2 Å². The molecule has 28 heavy (non-hydrogen) atoms. The van der Waals surface area contributed by atoms with Gasteiger partial charge in [-0.2, -0.15) is 4.98 Å². The fourth-order valence-corrected chi connectivity index (χ4v) is 3.23. The van der Waals surface area contributed by atoms with Crippen molar-refractivity contribution in [2.75, 3.05) is 11.9 Å². The monoisotopic (exact) mass is 401 g/mol. The van der Waals surface area contributed by atoms with E-state index in [9.17, 15) is 24.2 Å². The quantitative estimate of drug-likeness (QED) is 0.607. The molecule has 0 spiro atoms. The number of halogens is 1. The molecule has 1 aliphatic rings. The van der Waals surface area contributed by atoms with Crippen LogP contribution in [-0.2, 0) is 9.47 Å². The maximum atomic E-state index is 14.3. The number of ether oxygens (including phenoxy) is 2. The van der Waals surface area contributed by atoms with Gasteiger partial charge in [-0.05, 0) is 25.7 Å². The van der Waals surface area contributed by atoms with Crippen molar-refractivity contribution in [1.82, 2.24) is 9.55 Å². The molecular weight excluding hydrogens is 373 g/mol. The lowest BCUT2D eigenvalue weighted by Gasteiger charge is -2.18. The predicted molar refractivity (Wildman–Crippen MR) is 98.3 cm³/mol. The minimum atomic E-state index is -1.41. The third-order valence-electron chi connectivity index (χ3n) is 4.72. The molecule has 4 atom stereocenters. The van der Waals surface area contributed by atoms with Crippen LogP contribution in [0.25, 0.3) is 0 Å². The van der Waals surface area contributed by atoms with Crippen LogP contribution in [0.1, 0.15) is 52.7 Å². The summed E-state index contributed by atoms with van der Waals surface area (Å²) in [4.78, 5) is 27.6. The lowest BCUT2D eigenvalue weighted by molar-refractivity contribution is -0.0355. The SMILES string of the molecule is CCCC(CCC)COC(=O)Nc1nc(=O)n([C@@H]2O[C@H](C)C(O)C2O)cc1F. The standard InChI is InChI=1S/C18H28FN3O6/c1-4-6-11(7-5-2)9-27-18(26)21-15-12(19)8-22(17(25)20-15)16-14(24)13(23)10(3)28-16/h8,10-11,13-14,16,23-24H,4-7,9H2,1-3H3,(H,20,21,25,26)/t10-,13?,14?,16-/m1/s1. The van der Waals surface area contributed by atoms with Crippen molar-refractivity contribution < 1.29 is 28.9 Å². The maximum absolute atomic E-state index is 14.3. The van der Waals surface area contributed by atoms with E-state index in [1.54, 1.807) is 0 Å². The Kier molecular flexibility index (Phi) is 7.90. The van der Waals surface area contributed by atoms with Crippen LogP contribution >= 0.6 is 0 Å². The van der Waals surface area contributed by atoms with Gasteiger partial charge in [-0.1, -0.05) is 26.7 Å². The molecule has 1 fully saturated rings. The van der Waals surface area contributed by atoms with Gasteiger partial charge in [-0.3, -0.25) is 9.88 Å². The molecule has 0 radical (unpaired) electrons. The molecule has 9 nitrogen and oxygen atoms in total. The average molecular weight is 401 g/mol. The molecule has 2 heterocycles. The van der Waals surface area contributed by atoms with Gasteiger partial charge in [0.25, 0.3) is 0 Å². The summed E-state index contributed by atoms with van der Waals surface area (Å²) >= 11 is 0. The maximum Gasteiger partial charge on any atom is 0.412 e. The summed E-state index contributed by atoms with van der Waals surface area (Å²) in [7, 11) is 0. The normalized spacial score (nSPS) is 24.5. The summed E-state index contributed by atoms with van der Waals surface area (Å²) in [5, 5.41) is 21.8. The summed E-state index contributed by atoms with van der Waals surface area (Å²) < 4.78 is 25.5. The molecule has 1 aliphatic heterocycles. The van der Waals surface area contributed by atoms with Crippen molar-refractivity contribution in [3.63, 3.8) is 0 Å². The van der Waals surface area contributed by atoms with E-state index in [-0.39, 0.29) is 12.5 Å². The number of hydrogen-bond donors (Lipinski definition) is 3. The van der Waals surface area contributed by atoms with E-state index in [0.29, 0.717) is 0 Å². The molecule has 1 aromatic rings. The van der Waals surface area contributed by atoms with Crippen LogP contribution < -0.4 is 11.0 Å². The number of aromatic nitrogens is 2. The summed E-state index contributed by atoms with van der Waals surface area (Å²) in [6, 6.07) is 0. The van der Waals surface area contributed by atoms with Gasteiger partial charge in [0, 0.05) is 0 Å². The number of aliphatic hydroxyl groups is 2. The Labute approximate surface area is 162 Å². The first kappa shape index (κ1) is 22.3. The van der Waals surface area contributed by atoms with Crippen LogP contribution in [-0.4, -0.2) is 50.8 Å². The molecule has 10 heteroatoms. The molecule has 0 bridgehead atoms. The number of rotatable bonds is 8. The van der Waals surface area contributed by atoms with Crippen LogP contribution in [0, 0.1) is 11.7 Å². The van der Waals surface area contributed by atoms with E-state index in [0.717, 1.165) is 36.4 Å². The van der Waals surface area contributed by atoms with Crippen LogP contribution in [0.3, 0.4) is 0 Å². The van der Waals surface area contributed by atoms with Gasteiger partial charge in [-0.25, -0.2) is 14.0 Å². The van der Waals surface area contributed by atoms with Gasteiger partial charge in [0.2, 0.25) is 0 Å². The Morgan fingerprint density at radius 3 is 2.54 bits per heavy atom. The third kappa shape index (κ3) is 5.27. The predicted octanol–water partition coefficient (Wildman–Crippen LogP) is 1.79. The second kappa shape index (κ2) is 9.94. The molecule has 0 saturated carbocycles. The zero-order valence-electron chi connectivity index (χ0n) is 16.3. The minimum absolute atomic E-state index is 0.198. The first-order valence-electron chi connectivity index (χ1n) is 9.52. The highest BCUT2D eigenvalue weighted by atomic mass is 19.1. The lowest BCUT2D eigenvalue weighted by atomic mass is 10.00. The number of nitrogens with zero attached hydrogens (tertiary/aromatic N) is 2. The van der Waals surface area contributed by atoms with Crippen molar-refractivity contribution in [2.45, 2.75) is 71.0 Å². The second-order valence-electron chi connectivity index (χ2n) is 7.01. The van der Waals surface area contributed by atoms with Crippen molar-refractivity contribution in [1.29, 1.82) is 0 Å². The van der Waals surface area contributed by atoms with Crippen LogP contribution in [0.4, 0.5) is 15.0 Å². The van der Waals surface area contributed by atoms with Crippen molar-refractivity contribution in [2.24, 2.45) is 5.92 Å². The topological polar surface area (TPSA) is 123 Å². The highest BCUT2D eigenvalue weighted by Crippen LogP contribution is 2.28. The highest BCUT2D eigenvalue weighted by molar-refractivity contribution is 5.83. The number of carbonyl (C=O) groups is 1. The lowest BCUT2D eigenvalue weighted by Crippen LogP contribution is -2.36. The first-order valence-corrected chi connectivity index (χ1v) is 9.52. The summed E-state index contributed by atoms with van der Waals surface area (Å²) in [5.41, 5.74) is -0.947. The van der Waals surface area contributed by atoms with Gasteiger partial charge in [-0.15, -0.1) is 0 Å². The smallest absolute Gasteiger partial charge is 0.412 e.